The zero-order valence-electron chi connectivity index (χ0n) is 16.6. The molecule has 0 fully saturated rings. The number of nitrogens with zero attached hydrogens (tertiary/aromatic N) is 3. The molecule has 4 aromatic rings. The van der Waals surface area contributed by atoms with Crippen LogP contribution in [0.3, 0.4) is 0 Å². The van der Waals surface area contributed by atoms with Crippen LogP contribution in [0.25, 0.3) is 16.9 Å². The molecule has 0 aliphatic carbocycles. The second-order valence-electron chi connectivity index (χ2n) is 6.77. The molecule has 3 aromatic carbocycles. The molecule has 1 heterocycles. The number of carbonyl (C=O) groups is 2. The summed E-state index contributed by atoms with van der Waals surface area (Å²) in [5.74, 6) is -2.32. The maximum atomic E-state index is 13.8. The summed E-state index contributed by atoms with van der Waals surface area (Å²) in [6.45, 7) is 0. The fourth-order valence-electron chi connectivity index (χ4n) is 3.06. The summed E-state index contributed by atoms with van der Waals surface area (Å²) in [6.07, 6.45) is 3.13. The third-order valence-corrected chi connectivity index (χ3v) is 4.66. The number of halogens is 1. The van der Waals surface area contributed by atoms with Crippen LogP contribution in [-0.4, -0.2) is 33.0 Å². The molecule has 0 saturated heterocycles. The molecule has 158 valence electrons. The standard InChI is InChI=1S/C24H17FN4O3/c25-21-9-5-4-8-20(21)23(30)27-26-14-18-15-29(19-12-10-17(11-13-19)24(31)32)28-22(18)16-6-2-1-3-7-16/h1-15H,(H,27,30)(H,31,32)/b26-14+. The number of hydrogen-bond acceptors (Lipinski definition) is 4. The first-order chi connectivity index (χ1) is 15.5. The Morgan fingerprint density at radius 3 is 2.34 bits per heavy atom. The molecule has 4 rings (SSSR count). The summed E-state index contributed by atoms with van der Waals surface area (Å²) in [6, 6.07) is 21.3. The van der Waals surface area contributed by atoms with Gasteiger partial charge >= 0.3 is 5.97 Å². The first-order valence-corrected chi connectivity index (χ1v) is 9.59. The number of carboxylic acids is 1. The van der Waals surface area contributed by atoms with E-state index in [1.54, 1.807) is 29.1 Å². The molecule has 0 saturated carbocycles. The molecule has 0 atom stereocenters. The molecular formula is C24H17FN4O3. The first-order valence-electron chi connectivity index (χ1n) is 9.59. The topological polar surface area (TPSA) is 96.6 Å². The molecule has 1 amide bonds. The van der Waals surface area contributed by atoms with Crippen molar-refractivity contribution in [1.29, 1.82) is 0 Å². The Bertz CT molecular complexity index is 1300. The molecule has 0 aliphatic heterocycles. The van der Waals surface area contributed by atoms with Crippen LogP contribution in [0.5, 0.6) is 0 Å². The number of aromatic carboxylic acids is 1. The maximum Gasteiger partial charge on any atom is 0.335 e. The average Bonchev–Trinajstić information content (AvgIpc) is 3.24. The van der Waals surface area contributed by atoms with Gasteiger partial charge in [-0.2, -0.15) is 10.2 Å². The Morgan fingerprint density at radius 1 is 0.969 bits per heavy atom. The van der Waals surface area contributed by atoms with Gasteiger partial charge < -0.3 is 5.11 Å². The number of benzene rings is 3. The van der Waals surface area contributed by atoms with E-state index in [4.69, 9.17) is 5.11 Å². The zero-order chi connectivity index (χ0) is 22.5. The van der Waals surface area contributed by atoms with Gasteiger partial charge in [0.25, 0.3) is 5.91 Å². The van der Waals surface area contributed by atoms with Gasteiger partial charge in [0.15, 0.2) is 0 Å². The minimum Gasteiger partial charge on any atom is -0.478 e. The van der Waals surface area contributed by atoms with Crippen LogP contribution in [0.4, 0.5) is 4.39 Å². The molecule has 7 nitrogen and oxygen atoms in total. The minimum atomic E-state index is -1.01. The summed E-state index contributed by atoms with van der Waals surface area (Å²) < 4.78 is 15.4. The second-order valence-corrected chi connectivity index (χ2v) is 6.77. The van der Waals surface area contributed by atoms with Crippen LogP contribution in [0.15, 0.2) is 90.2 Å². The van der Waals surface area contributed by atoms with E-state index in [-0.39, 0.29) is 11.1 Å². The van der Waals surface area contributed by atoms with E-state index < -0.39 is 17.7 Å². The van der Waals surface area contributed by atoms with Crippen molar-refractivity contribution in [3.8, 4) is 16.9 Å². The Balaban J connectivity index is 1.64. The lowest BCUT2D eigenvalue weighted by atomic mass is 10.1. The molecule has 8 heteroatoms. The second kappa shape index (κ2) is 9.05. The van der Waals surface area contributed by atoms with Crippen molar-refractivity contribution in [3.63, 3.8) is 0 Å². The minimum absolute atomic E-state index is 0.109. The van der Waals surface area contributed by atoms with E-state index in [0.29, 0.717) is 16.9 Å². The molecule has 0 radical (unpaired) electrons. The Labute approximate surface area is 182 Å². The van der Waals surface area contributed by atoms with E-state index in [9.17, 15) is 14.0 Å². The highest BCUT2D eigenvalue weighted by Crippen LogP contribution is 2.22. The molecule has 0 spiro atoms. The molecule has 0 unspecified atom stereocenters. The molecular weight excluding hydrogens is 411 g/mol. The number of hydrazone groups is 1. The predicted molar refractivity (Wildman–Crippen MR) is 117 cm³/mol. The van der Waals surface area contributed by atoms with Crippen LogP contribution < -0.4 is 5.43 Å². The van der Waals surface area contributed by atoms with E-state index in [1.165, 1.54) is 36.5 Å². The third kappa shape index (κ3) is 4.44. The lowest BCUT2D eigenvalue weighted by Gasteiger charge is -2.02. The monoisotopic (exact) mass is 428 g/mol. The Hall–Kier alpha value is -4.59. The fraction of sp³-hybridized carbons (Fsp3) is 0. The van der Waals surface area contributed by atoms with Gasteiger partial charge in [0.2, 0.25) is 0 Å². The summed E-state index contributed by atoms with van der Waals surface area (Å²) >= 11 is 0. The zero-order valence-corrected chi connectivity index (χ0v) is 16.6. The van der Waals surface area contributed by atoms with Gasteiger partial charge in [-0.25, -0.2) is 19.3 Å². The molecule has 1 aromatic heterocycles. The van der Waals surface area contributed by atoms with Crippen LogP contribution in [-0.2, 0) is 0 Å². The van der Waals surface area contributed by atoms with E-state index >= 15 is 0 Å². The van der Waals surface area contributed by atoms with Crippen LogP contribution >= 0.6 is 0 Å². The number of carbonyl (C=O) groups excluding carboxylic acids is 1. The lowest BCUT2D eigenvalue weighted by Crippen LogP contribution is -2.18. The Kier molecular flexibility index (Phi) is 5.85. The maximum absolute atomic E-state index is 13.8. The van der Waals surface area contributed by atoms with Gasteiger partial charge in [-0.1, -0.05) is 42.5 Å². The summed E-state index contributed by atoms with van der Waals surface area (Å²) in [5.41, 5.74) is 5.08. The number of carboxylic acid groups (broad SMARTS) is 1. The normalized spacial score (nSPS) is 10.9. The first kappa shape index (κ1) is 20.7. The number of amides is 1. The predicted octanol–water partition coefficient (Wildman–Crippen LogP) is 4.14. The van der Waals surface area contributed by atoms with Gasteiger partial charge in [0, 0.05) is 17.3 Å². The summed E-state index contributed by atoms with van der Waals surface area (Å²) in [4.78, 5) is 23.3. The lowest BCUT2D eigenvalue weighted by molar-refractivity contribution is 0.0696. The van der Waals surface area contributed by atoms with Crippen molar-refractivity contribution in [2.45, 2.75) is 0 Å². The van der Waals surface area contributed by atoms with E-state index in [1.807, 2.05) is 30.3 Å². The number of hydrogen-bond donors (Lipinski definition) is 2. The van der Waals surface area contributed by atoms with E-state index in [2.05, 4.69) is 15.6 Å². The van der Waals surface area contributed by atoms with Crippen molar-refractivity contribution in [1.82, 2.24) is 15.2 Å². The highest BCUT2D eigenvalue weighted by Gasteiger charge is 2.13. The number of rotatable bonds is 6. The van der Waals surface area contributed by atoms with Crippen LogP contribution in [0.2, 0.25) is 0 Å². The van der Waals surface area contributed by atoms with Crippen molar-refractivity contribution in [2.24, 2.45) is 5.10 Å². The van der Waals surface area contributed by atoms with Gasteiger partial charge in [-0.15, -0.1) is 0 Å². The fourth-order valence-corrected chi connectivity index (χ4v) is 3.06. The largest absolute Gasteiger partial charge is 0.478 e. The highest BCUT2D eigenvalue weighted by molar-refractivity contribution is 5.96. The molecule has 32 heavy (non-hydrogen) atoms. The van der Waals surface area contributed by atoms with E-state index in [0.717, 1.165) is 5.56 Å². The number of nitrogens with one attached hydrogen (secondary N) is 1. The van der Waals surface area contributed by atoms with Gasteiger partial charge in [-0.3, -0.25) is 4.79 Å². The SMILES string of the molecule is O=C(O)c1ccc(-n2cc(/C=N/NC(=O)c3ccccc3F)c(-c3ccccc3)n2)cc1. The molecule has 0 aliphatic rings. The molecule has 0 bridgehead atoms. The van der Waals surface area contributed by atoms with Gasteiger partial charge in [0.05, 0.1) is 23.0 Å². The average molecular weight is 428 g/mol. The highest BCUT2D eigenvalue weighted by atomic mass is 19.1. The van der Waals surface area contributed by atoms with Crippen molar-refractivity contribution < 1.29 is 19.1 Å². The quantitative estimate of drug-likeness (QED) is 0.356. The van der Waals surface area contributed by atoms with Crippen molar-refractivity contribution >= 4 is 18.1 Å². The van der Waals surface area contributed by atoms with Crippen molar-refractivity contribution in [2.75, 3.05) is 0 Å². The Morgan fingerprint density at radius 2 is 1.66 bits per heavy atom. The molecule has 2 N–H and O–H groups in total. The van der Waals surface area contributed by atoms with Crippen LogP contribution in [0, 0.1) is 5.82 Å². The van der Waals surface area contributed by atoms with Crippen molar-refractivity contribution in [3.05, 3.63) is 108 Å². The number of aromatic nitrogens is 2. The summed E-state index contributed by atoms with van der Waals surface area (Å²) in [5, 5.41) is 17.7. The van der Waals surface area contributed by atoms with Crippen LogP contribution in [0.1, 0.15) is 26.3 Å². The summed E-state index contributed by atoms with van der Waals surface area (Å²) in [7, 11) is 0. The smallest absolute Gasteiger partial charge is 0.335 e. The van der Waals surface area contributed by atoms with Gasteiger partial charge in [-0.05, 0) is 36.4 Å². The third-order valence-electron chi connectivity index (χ3n) is 4.66. The van der Waals surface area contributed by atoms with Gasteiger partial charge in [0.1, 0.15) is 11.5 Å².